The van der Waals surface area contributed by atoms with Crippen LogP contribution in [0.15, 0.2) is 0 Å². The number of nitrogens with zero attached hydrogens (tertiary/aromatic N) is 2. The van der Waals surface area contributed by atoms with E-state index in [1.807, 2.05) is 0 Å². The molecule has 2 fully saturated rings. The second-order valence-electron chi connectivity index (χ2n) is 7.61. The molecule has 3 atom stereocenters. The third-order valence-corrected chi connectivity index (χ3v) is 5.74. The van der Waals surface area contributed by atoms with Crippen LogP contribution in [0.3, 0.4) is 0 Å². The van der Waals surface area contributed by atoms with Crippen LogP contribution in [0.2, 0.25) is 0 Å². The number of rotatable bonds is 2. The van der Waals surface area contributed by atoms with E-state index >= 15 is 0 Å². The SMILES string of the molecule is C[C@H]1CCCC(C)(C)[C@@H]1CC1CN(C(N)=O)CCN1C(=O)O. The van der Waals surface area contributed by atoms with Crippen LogP contribution in [0.5, 0.6) is 0 Å². The lowest BCUT2D eigenvalue weighted by atomic mass is 9.62. The lowest BCUT2D eigenvalue weighted by Crippen LogP contribution is -2.58. The molecule has 0 bridgehead atoms. The fraction of sp³-hybridized carbons (Fsp3) is 0.875. The van der Waals surface area contributed by atoms with Crippen LogP contribution in [0.1, 0.15) is 46.5 Å². The molecule has 1 unspecified atom stereocenters. The largest absolute Gasteiger partial charge is 0.465 e. The summed E-state index contributed by atoms with van der Waals surface area (Å²) in [4.78, 5) is 26.0. The van der Waals surface area contributed by atoms with Crippen LogP contribution >= 0.6 is 0 Å². The molecule has 0 radical (unpaired) electrons. The van der Waals surface area contributed by atoms with Crippen molar-refractivity contribution < 1.29 is 14.7 Å². The molecule has 22 heavy (non-hydrogen) atoms. The van der Waals surface area contributed by atoms with Gasteiger partial charge in [0.25, 0.3) is 0 Å². The Morgan fingerprint density at radius 3 is 2.55 bits per heavy atom. The molecule has 6 heteroatoms. The van der Waals surface area contributed by atoms with Crippen molar-refractivity contribution in [3.63, 3.8) is 0 Å². The average Bonchev–Trinajstić information content (AvgIpc) is 2.42. The standard InChI is InChI=1S/C16H29N3O3/c1-11-5-4-6-16(2,3)13(11)9-12-10-18(14(17)20)7-8-19(12)15(21)22/h11-13H,4-10H2,1-3H3,(H2,17,20)(H,21,22)/t11-,12?,13+/m0/s1. The highest BCUT2D eigenvalue weighted by molar-refractivity contribution is 5.73. The van der Waals surface area contributed by atoms with E-state index in [0.717, 1.165) is 6.42 Å². The molecular formula is C16H29N3O3. The second kappa shape index (κ2) is 6.34. The second-order valence-corrected chi connectivity index (χ2v) is 7.61. The molecule has 0 aromatic heterocycles. The molecule has 126 valence electrons. The van der Waals surface area contributed by atoms with Crippen molar-refractivity contribution in [2.24, 2.45) is 23.0 Å². The van der Waals surface area contributed by atoms with Gasteiger partial charge >= 0.3 is 12.1 Å². The molecule has 1 saturated carbocycles. The number of urea groups is 1. The minimum Gasteiger partial charge on any atom is -0.465 e. The first-order valence-corrected chi connectivity index (χ1v) is 8.26. The molecule has 2 aliphatic rings. The third-order valence-electron chi connectivity index (χ3n) is 5.74. The Bertz CT molecular complexity index is 438. The molecule has 0 aromatic carbocycles. The fourth-order valence-electron chi connectivity index (χ4n) is 4.39. The van der Waals surface area contributed by atoms with Crippen LogP contribution < -0.4 is 5.73 Å². The van der Waals surface area contributed by atoms with Gasteiger partial charge in [-0.1, -0.05) is 33.6 Å². The fourth-order valence-corrected chi connectivity index (χ4v) is 4.39. The van der Waals surface area contributed by atoms with Crippen molar-refractivity contribution in [2.45, 2.75) is 52.5 Å². The highest BCUT2D eigenvalue weighted by Gasteiger charge is 2.41. The molecule has 3 amide bonds. The zero-order chi connectivity index (χ0) is 16.5. The summed E-state index contributed by atoms with van der Waals surface area (Å²) >= 11 is 0. The monoisotopic (exact) mass is 311 g/mol. The summed E-state index contributed by atoms with van der Waals surface area (Å²) in [6.45, 7) is 8.00. The van der Waals surface area contributed by atoms with Crippen molar-refractivity contribution in [1.82, 2.24) is 9.80 Å². The molecule has 6 nitrogen and oxygen atoms in total. The first-order chi connectivity index (χ1) is 10.2. The van der Waals surface area contributed by atoms with Crippen LogP contribution in [0, 0.1) is 17.3 Å². The molecule has 1 aliphatic heterocycles. The zero-order valence-electron chi connectivity index (χ0n) is 13.9. The minimum absolute atomic E-state index is 0.149. The van der Waals surface area contributed by atoms with Crippen LogP contribution in [-0.2, 0) is 0 Å². The number of amides is 3. The van der Waals surface area contributed by atoms with Crippen molar-refractivity contribution in [2.75, 3.05) is 19.6 Å². The molecule has 1 aliphatic carbocycles. The Morgan fingerprint density at radius 2 is 2.00 bits per heavy atom. The van der Waals surface area contributed by atoms with Gasteiger partial charge in [0, 0.05) is 19.6 Å². The summed E-state index contributed by atoms with van der Waals surface area (Å²) < 4.78 is 0. The van der Waals surface area contributed by atoms with Gasteiger partial charge in [-0.3, -0.25) is 0 Å². The topological polar surface area (TPSA) is 86.9 Å². The summed E-state index contributed by atoms with van der Waals surface area (Å²) in [5.41, 5.74) is 5.60. The molecular weight excluding hydrogens is 282 g/mol. The van der Waals surface area contributed by atoms with Gasteiger partial charge in [0.15, 0.2) is 0 Å². The van der Waals surface area contributed by atoms with E-state index in [4.69, 9.17) is 5.73 Å². The third kappa shape index (κ3) is 3.47. The lowest BCUT2D eigenvalue weighted by molar-refractivity contribution is 0.0227. The molecule has 3 N–H and O–H groups in total. The van der Waals surface area contributed by atoms with Gasteiger partial charge in [-0.2, -0.15) is 0 Å². The van der Waals surface area contributed by atoms with Crippen LogP contribution in [-0.4, -0.2) is 52.7 Å². The Hall–Kier alpha value is -1.46. The summed E-state index contributed by atoms with van der Waals surface area (Å²) in [5.74, 6) is 1.06. The number of hydrogen-bond donors (Lipinski definition) is 2. The number of carboxylic acid groups (broad SMARTS) is 1. The number of piperazine rings is 1. The van der Waals surface area contributed by atoms with Crippen molar-refractivity contribution >= 4 is 12.1 Å². The number of carbonyl (C=O) groups excluding carboxylic acids is 1. The van der Waals surface area contributed by atoms with E-state index in [0.29, 0.717) is 31.5 Å². The maximum absolute atomic E-state index is 11.5. The molecule has 2 rings (SSSR count). The van der Waals surface area contributed by atoms with Gasteiger partial charge in [-0.25, -0.2) is 9.59 Å². The highest BCUT2D eigenvalue weighted by Crippen LogP contribution is 2.46. The van der Waals surface area contributed by atoms with Crippen molar-refractivity contribution in [3.8, 4) is 0 Å². The van der Waals surface area contributed by atoms with E-state index in [1.54, 1.807) is 4.90 Å². The maximum atomic E-state index is 11.5. The number of hydrogen-bond acceptors (Lipinski definition) is 2. The van der Waals surface area contributed by atoms with E-state index < -0.39 is 12.1 Å². The smallest absolute Gasteiger partial charge is 0.407 e. The predicted molar refractivity (Wildman–Crippen MR) is 84.6 cm³/mol. The lowest BCUT2D eigenvalue weighted by Gasteiger charge is -2.47. The molecule has 1 heterocycles. The van der Waals surface area contributed by atoms with Gasteiger partial charge in [-0.05, 0) is 30.1 Å². The Balaban J connectivity index is 2.14. The number of carbonyl (C=O) groups is 2. The van der Waals surface area contributed by atoms with Gasteiger partial charge < -0.3 is 20.6 Å². The Labute approximate surface area is 132 Å². The summed E-state index contributed by atoms with van der Waals surface area (Å²) in [6.07, 6.45) is 3.54. The predicted octanol–water partition coefficient (Wildman–Crippen LogP) is 2.58. The molecule has 0 spiro atoms. The molecule has 1 saturated heterocycles. The van der Waals surface area contributed by atoms with Gasteiger partial charge in [0.2, 0.25) is 0 Å². The Kier molecular flexibility index (Phi) is 4.87. The summed E-state index contributed by atoms with van der Waals surface area (Å²) in [6, 6.07) is -0.602. The van der Waals surface area contributed by atoms with E-state index in [2.05, 4.69) is 20.8 Å². The van der Waals surface area contributed by atoms with Gasteiger partial charge in [0.05, 0.1) is 6.04 Å². The van der Waals surface area contributed by atoms with Crippen LogP contribution in [0.25, 0.3) is 0 Å². The number of nitrogens with two attached hydrogens (primary N) is 1. The Morgan fingerprint density at radius 1 is 1.32 bits per heavy atom. The normalized spacial score (nSPS) is 31.9. The van der Waals surface area contributed by atoms with E-state index in [-0.39, 0.29) is 11.5 Å². The molecule has 0 aromatic rings. The van der Waals surface area contributed by atoms with E-state index in [9.17, 15) is 14.7 Å². The first-order valence-electron chi connectivity index (χ1n) is 8.26. The first kappa shape index (κ1) is 16.9. The maximum Gasteiger partial charge on any atom is 0.407 e. The number of primary amides is 1. The summed E-state index contributed by atoms with van der Waals surface area (Å²) in [5, 5.41) is 9.45. The average molecular weight is 311 g/mol. The van der Waals surface area contributed by atoms with Gasteiger partial charge in [-0.15, -0.1) is 0 Å². The van der Waals surface area contributed by atoms with E-state index in [1.165, 1.54) is 24.2 Å². The van der Waals surface area contributed by atoms with Crippen molar-refractivity contribution in [1.29, 1.82) is 0 Å². The zero-order valence-corrected chi connectivity index (χ0v) is 13.9. The highest BCUT2D eigenvalue weighted by atomic mass is 16.4. The van der Waals surface area contributed by atoms with Gasteiger partial charge in [0.1, 0.15) is 0 Å². The van der Waals surface area contributed by atoms with Crippen molar-refractivity contribution in [3.05, 3.63) is 0 Å². The quantitative estimate of drug-likeness (QED) is 0.821. The summed E-state index contributed by atoms with van der Waals surface area (Å²) in [7, 11) is 0. The van der Waals surface area contributed by atoms with Crippen LogP contribution in [0.4, 0.5) is 9.59 Å². The minimum atomic E-state index is -0.893.